The summed E-state index contributed by atoms with van der Waals surface area (Å²) in [7, 11) is 3.68. The molecule has 5 aromatic rings. The van der Waals surface area contributed by atoms with Gasteiger partial charge in [0.15, 0.2) is 12.9 Å². The number of nitrogens with one attached hydrogen (secondary N) is 1. The quantitative estimate of drug-likeness (QED) is 0.383. The molecule has 0 bridgehead atoms. The van der Waals surface area contributed by atoms with Gasteiger partial charge in [-0.05, 0) is 56.2 Å². The molecule has 0 aliphatic carbocycles. The standard InChI is InChI=1S/C27H28F2N7O/c1-15-12-18(13-16(2)22(15)28)24-26(25-17(3)30-8-9-36(25)31-24)35-11-10-34(27(35)37)21-7-6-20-19(23(21)29)14-32(4)33(20)5/h6-7,10-14,17,30H,8-9H2,1-5H3/q+1. The number of aryl methyl sites for hydroxylation is 4. The Morgan fingerprint density at radius 1 is 1.08 bits per heavy atom. The first kappa shape index (κ1) is 23.4. The van der Waals surface area contributed by atoms with Crippen LogP contribution in [0.2, 0.25) is 0 Å². The number of fused-ring (bicyclic) bond motifs is 2. The van der Waals surface area contributed by atoms with Crippen molar-refractivity contribution in [2.24, 2.45) is 14.1 Å². The van der Waals surface area contributed by atoms with E-state index in [4.69, 9.17) is 5.10 Å². The molecule has 1 atom stereocenters. The van der Waals surface area contributed by atoms with E-state index >= 15 is 4.39 Å². The highest BCUT2D eigenvalue weighted by molar-refractivity contribution is 5.81. The monoisotopic (exact) mass is 504 g/mol. The molecule has 0 saturated heterocycles. The number of imidazole rings is 1. The van der Waals surface area contributed by atoms with Gasteiger partial charge < -0.3 is 5.32 Å². The Morgan fingerprint density at radius 2 is 1.78 bits per heavy atom. The zero-order valence-electron chi connectivity index (χ0n) is 21.4. The minimum absolute atomic E-state index is 0.0692. The zero-order valence-corrected chi connectivity index (χ0v) is 21.4. The van der Waals surface area contributed by atoms with E-state index in [0.29, 0.717) is 34.4 Å². The number of hydrogen-bond donors (Lipinski definition) is 1. The molecule has 3 aromatic heterocycles. The van der Waals surface area contributed by atoms with Gasteiger partial charge in [0, 0.05) is 30.5 Å². The highest BCUT2D eigenvalue weighted by atomic mass is 19.1. The molecule has 0 saturated carbocycles. The molecule has 37 heavy (non-hydrogen) atoms. The Morgan fingerprint density at radius 3 is 2.51 bits per heavy atom. The minimum Gasteiger partial charge on any atom is -0.307 e. The van der Waals surface area contributed by atoms with Crippen molar-refractivity contribution < 1.29 is 13.5 Å². The van der Waals surface area contributed by atoms with Crippen LogP contribution >= 0.6 is 0 Å². The maximum atomic E-state index is 15.6. The SMILES string of the molecule is Cc1cc(-c2nn3c(c2-n2ccn(-c4ccc5c(c[n+](C)n5C)c4F)c2=O)C(C)NCC3)cc(C)c1F. The lowest BCUT2D eigenvalue weighted by molar-refractivity contribution is -0.748. The predicted octanol–water partition coefficient (Wildman–Crippen LogP) is 3.37. The average Bonchev–Trinajstić information content (AvgIpc) is 3.52. The van der Waals surface area contributed by atoms with Gasteiger partial charge in [-0.3, -0.25) is 13.8 Å². The van der Waals surface area contributed by atoms with Crippen LogP contribution in [-0.4, -0.2) is 30.1 Å². The number of halogens is 2. The van der Waals surface area contributed by atoms with E-state index in [9.17, 15) is 9.18 Å². The lowest BCUT2D eigenvalue weighted by Crippen LogP contribution is -2.35. The van der Waals surface area contributed by atoms with Crippen molar-refractivity contribution in [2.45, 2.75) is 33.4 Å². The van der Waals surface area contributed by atoms with Gasteiger partial charge in [-0.25, -0.2) is 13.6 Å². The third-order valence-corrected chi connectivity index (χ3v) is 7.41. The fraction of sp³-hybridized carbons (Fsp3) is 0.296. The molecule has 0 spiro atoms. The van der Waals surface area contributed by atoms with Crippen LogP contribution in [0.5, 0.6) is 0 Å². The summed E-state index contributed by atoms with van der Waals surface area (Å²) in [6.45, 7) is 6.84. The molecule has 0 radical (unpaired) electrons. The van der Waals surface area contributed by atoms with Gasteiger partial charge in [-0.15, -0.1) is 4.68 Å². The van der Waals surface area contributed by atoms with Crippen LogP contribution in [0.25, 0.3) is 33.5 Å². The Hall–Kier alpha value is -4.05. The minimum atomic E-state index is -0.467. The van der Waals surface area contributed by atoms with Crippen molar-refractivity contribution in [2.75, 3.05) is 6.54 Å². The average molecular weight is 505 g/mol. The summed E-state index contributed by atoms with van der Waals surface area (Å²) in [6, 6.07) is 6.86. The number of aromatic nitrogens is 6. The Balaban J connectivity index is 1.58. The van der Waals surface area contributed by atoms with Crippen LogP contribution in [0, 0.1) is 25.5 Å². The van der Waals surface area contributed by atoms with Gasteiger partial charge >= 0.3 is 5.69 Å². The zero-order chi connectivity index (χ0) is 26.2. The van der Waals surface area contributed by atoms with Gasteiger partial charge in [-0.2, -0.15) is 9.78 Å². The molecule has 8 nitrogen and oxygen atoms in total. The van der Waals surface area contributed by atoms with Crippen LogP contribution in [0.1, 0.15) is 29.8 Å². The van der Waals surface area contributed by atoms with E-state index in [2.05, 4.69) is 5.32 Å². The molecular formula is C27H28F2N7O+. The third kappa shape index (κ3) is 3.39. The Labute approximate surface area is 212 Å². The molecule has 2 aromatic carbocycles. The van der Waals surface area contributed by atoms with Gasteiger partial charge in [0.2, 0.25) is 6.20 Å². The largest absolute Gasteiger partial charge is 0.337 e. The summed E-state index contributed by atoms with van der Waals surface area (Å²) < 4.78 is 38.4. The van der Waals surface area contributed by atoms with Crippen molar-refractivity contribution >= 4 is 10.9 Å². The highest BCUT2D eigenvalue weighted by Crippen LogP contribution is 2.35. The van der Waals surface area contributed by atoms with Crippen molar-refractivity contribution in [3.63, 3.8) is 0 Å². The van der Waals surface area contributed by atoms with E-state index in [1.54, 1.807) is 61.4 Å². The molecule has 0 fully saturated rings. The van der Waals surface area contributed by atoms with E-state index < -0.39 is 11.5 Å². The molecule has 0 amide bonds. The molecule has 4 heterocycles. The number of rotatable bonds is 3. The summed E-state index contributed by atoms with van der Waals surface area (Å²) in [4.78, 5) is 13.8. The smallest absolute Gasteiger partial charge is 0.307 e. The van der Waals surface area contributed by atoms with E-state index in [0.717, 1.165) is 23.3 Å². The van der Waals surface area contributed by atoms with Crippen LogP contribution in [0.15, 0.2) is 47.7 Å². The van der Waals surface area contributed by atoms with Crippen LogP contribution in [-0.2, 0) is 20.6 Å². The van der Waals surface area contributed by atoms with Crippen LogP contribution in [0.3, 0.4) is 0 Å². The summed E-state index contributed by atoms with van der Waals surface area (Å²) in [6.07, 6.45) is 4.92. The van der Waals surface area contributed by atoms with Crippen molar-refractivity contribution in [3.05, 3.63) is 81.8 Å². The van der Waals surface area contributed by atoms with Gasteiger partial charge in [0.1, 0.15) is 28.1 Å². The normalized spacial score (nSPS) is 15.5. The maximum absolute atomic E-state index is 15.6. The first-order valence-electron chi connectivity index (χ1n) is 12.2. The van der Waals surface area contributed by atoms with E-state index in [1.807, 2.05) is 30.4 Å². The number of hydrogen-bond acceptors (Lipinski definition) is 3. The number of nitrogens with zero attached hydrogens (tertiary/aromatic N) is 6. The van der Waals surface area contributed by atoms with Gasteiger partial charge in [0.25, 0.3) is 0 Å². The molecule has 10 heteroatoms. The molecule has 1 N–H and O–H groups in total. The fourth-order valence-electron chi connectivity index (χ4n) is 5.40. The van der Waals surface area contributed by atoms with Crippen LogP contribution in [0.4, 0.5) is 8.78 Å². The first-order valence-corrected chi connectivity index (χ1v) is 12.2. The lowest BCUT2D eigenvalue weighted by atomic mass is 10.0. The Bertz CT molecular complexity index is 1750. The summed E-state index contributed by atoms with van der Waals surface area (Å²) in [5.74, 6) is -0.724. The highest BCUT2D eigenvalue weighted by Gasteiger charge is 2.29. The second-order valence-corrected chi connectivity index (χ2v) is 9.78. The fourth-order valence-corrected chi connectivity index (χ4v) is 5.40. The van der Waals surface area contributed by atoms with Crippen LogP contribution < -0.4 is 15.7 Å². The van der Waals surface area contributed by atoms with Crippen molar-refractivity contribution in [3.8, 4) is 22.6 Å². The second kappa shape index (κ2) is 8.24. The van der Waals surface area contributed by atoms with Gasteiger partial charge in [0.05, 0.1) is 25.0 Å². The molecule has 190 valence electrons. The Kier molecular flexibility index (Phi) is 5.20. The van der Waals surface area contributed by atoms with Crippen molar-refractivity contribution in [1.29, 1.82) is 0 Å². The first-order chi connectivity index (χ1) is 17.7. The molecule has 1 unspecified atom stereocenters. The summed E-state index contributed by atoms with van der Waals surface area (Å²) in [5.41, 5.74) is 4.28. The molecule has 6 rings (SSSR count). The molecule has 1 aliphatic rings. The second-order valence-electron chi connectivity index (χ2n) is 9.78. The molecule has 1 aliphatic heterocycles. The topological polar surface area (TPSA) is 65.6 Å². The van der Waals surface area contributed by atoms with Crippen molar-refractivity contribution in [1.82, 2.24) is 28.9 Å². The van der Waals surface area contributed by atoms with Gasteiger partial charge in [-0.1, -0.05) is 0 Å². The number of benzene rings is 2. The maximum Gasteiger partial charge on any atom is 0.337 e. The third-order valence-electron chi connectivity index (χ3n) is 7.41. The summed E-state index contributed by atoms with van der Waals surface area (Å²) in [5, 5.41) is 8.72. The lowest BCUT2D eigenvalue weighted by Gasteiger charge is -2.23. The van der Waals surface area contributed by atoms with E-state index in [1.165, 1.54) is 9.13 Å². The summed E-state index contributed by atoms with van der Waals surface area (Å²) >= 11 is 0. The molecular weight excluding hydrogens is 476 g/mol. The predicted molar refractivity (Wildman–Crippen MR) is 136 cm³/mol. The van der Waals surface area contributed by atoms with E-state index in [-0.39, 0.29) is 17.5 Å².